The van der Waals surface area contributed by atoms with E-state index in [2.05, 4.69) is 23.8 Å². The Labute approximate surface area is 84.0 Å². The molecule has 4 nitrogen and oxygen atoms in total. The minimum atomic E-state index is -0.0640. The average Bonchev–Trinajstić information content (AvgIpc) is 2.16. The number of carbonyl (C=O) groups is 1. The van der Waals surface area contributed by atoms with E-state index in [9.17, 15) is 4.79 Å². The lowest BCUT2D eigenvalue weighted by Crippen LogP contribution is -2.25. The van der Waals surface area contributed by atoms with Gasteiger partial charge in [0.25, 0.3) is 0 Å². The fraction of sp³-hybridized carbons (Fsp3) is 0.500. The molecule has 1 heterocycles. The Bertz CT molecular complexity index is 336. The lowest BCUT2D eigenvalue weighted by molar-refractivity contribution is -0.116. The first kappa shape index (κ1) is 10.6. The molecule has 0 atom stereocenters. The van der Waals surface area contributed by atoms with E-state index in [1.54, 1.807) is 13.2 Å². The zero-order chi connectivity index (χ0) is 10.7. The van der Waals surface area contributed by atoms with E-state index in [1.807, 2.05) is 6.07 Å². The average molecular weight is 193 g/mol. The SMILES string of the molecule is CC(=O)N(C)c1nccc(C(C)C)n1. The zero-order valence-corrected chi connectivity index (χ0v) is 8.98. The summed E-state index contributed by atoms with van der Waals surface area (Å²) in [7, 11) is 1.67. The molecule has 1 aromatic rings. The fourth-order valence-electron chi connectivity index (χ4n) is 0.986. The maximum atomic E-state index is 11.1. The van der Waals surface area contributed by atoms with Crippen LogP contribution in [0.25, 0.3) is 0 Å². The predicted octanol–water partition coefficient (Wildman–Crippen LogP) is 1.58. The molecule has 0 N–H and O–H groups in total. The summed E-state index contributed by atoms with van der Waals surface area (Å²) < 4.78 is 0. The van der Waals surface area contributed by atoms with Gasteiger partial charge in [0.05, 0.1) is 0 Å². The number of hydrogen-bond donors (Lipinski definition) is 0. The molecular weight excluding hydrogens is 178 g/mol. The smallest absolute Gasteiger partial charge is 0.232 e. The molecule has 0 spiro atoms. The van der Waals surface area contributed by atoms with Gasteiger partial charge in [-0.15, -0.1) is 0 Å². The Balaban J connectivity index is 2.99. The highest BCUT2D eigenvalue weighted by Crippen LogP contribution is 2.13. The van der Waals surface area contributed by atoms with Crippen LogP contribution in [0.1, 0.15) is 32.4 Å². The van der Waals surface area contributed by atoms with Crippen LogP contribution in [0.3, 0.4) is 0 Å². The second-order valence-electron chi connectivity index (χ2n) is 3.51. The number of aromatic nitrogens is 2. The zero-order valence-electron chi connectivity index (χ0n) is 8.98. The van der Waals surface area contributed by atoms with Crippen molar-refractivity contribution in [2.45, 2.75) is 26.7 Å². The summed E-state index contributed by atoms with van der Waals surface area (Å²) in [5, 5.41) is 0. The first-order chi connectivity index (χ1) is 6.52. The van der Waals surface area contributed by atoms with Crippen molar-refractivity contribution in [3.63, 3.8) is 0 Å². The van der Waals surface area contributed by atoms with Gasteiger partial charge in [0, 0.05) is 25.9 Å². The van der Waals surface area contributed by atoms with Gasteiger partial charge in [0.1, 0.15) is 0 Å². The van der Waals surface area contributed by atoms with Crippen molar-refractivity contribution in [1.29, 1.82) is 0 Å². The summed E-state index contributed by atoms with van der Waals surface area (Å²) in [5.74, 6) is 0.742. The van der Waals surface area contributed by atoms with Crippen LogP contribution in [-0.2, 0) is 4.79 Å². The quantitative estimate of drug-likeness (QED) is 0.716. The maximum Gasteiger partial charge on any atom is 0.232 e. The largest absolute Gasteiger partial charge is 0.284 e. The van der Waals surface area contributed by atoms with Gasteiger partial charge in [0.2, 0.25) is 11.9 Å². The van der Waals surface area contributed by atoms with Gasteiger partial charge < -0.3 is 0 Å². The van der Waals surface area contributed by atoms with Crippen molar-refractivity contribution in [2.24, 2.45) is 0 Å². The summed E-state index contributed by atoms with van der Waals surface area (Å²) >= 11 is 0. The summed E-state index contributed by atoms with van der Waals surface area (Å²) in [6.07, 6.45) is 1.68. The molecule has 0 fully saturated rings. The number of amides is 1. The first-order valence-electron chi connectivity index (χ1n) is 4.59. The molecule has 0 aliphatic heterocycles. The highest BCUT2D eigenvalue weighted by atomic mass is 16.2. The lowest BCUT2D eigenvalue weighted by atomic mass is 10.1. The first-order valence-corrected chi connectivity index (χ1v) is 4.59. The van der Waals surface area contributed by atoms with Crippen LogP contribution in [0, 0.1) is 0 Å². The lowest BCUT2D eigenvalue weighted by Gasteiger charge is -2.13. The second kappa shape index (κ2) is 4.17. The Morgan fingerprint density at radius 1 is 1.50 bits per heavy atom. The van der Waals surface area contributed by atoms with E-state index in [1.165, 1.54) is 11.8 Å². The molecule has 0 aliphatic carbocycles. The molecule has 1 rings (SSSR count). The second-order valence-corrected chi connectivity index (χ2v) is 3.51. The Kier molecular flexibility index (Phi) is 3.17. The van der Waals surface area contributed by atoms with Crippen molar-refractivity contribution in [3.05, 3.63) is 18.0 Å². The summed E-state index contributed by atoms with van der Waals surface area (Å²) in [4.78, 5) is 20.8. The van der Waals surface area contributed by atoms with Gasteiger partial charge in [-0.25, -0.2) is 9.97 Å². The summed E-state index contributed by atoms with van der Waals surface area (Å²) in [6, 6.07) is 1.86. The standard InChI is InChI=1S/C10H15N3O/c1-7(2)9-5-6-11-10(12-9)13(4)8(3)14/h5-7H,1-4H3. The van der Waals surface area contributed by atoms with Gasteiger partial charge in [-0.1, -0.05) is 13.8 Å². The number of rotatable bonds is 2. The Morgan fingerprint density at radius 3 is 2.64 bits per heavy atom. The van der Waals surface area contributed by atoms with Crippen molar-refractivity contribution in [1.82, 2.24) is 9.97 Å². The molecule has 0 bridgehead atoms. The third-order valence-corrected chi connectivity index (χ3v) is 2.03. The molecule has 1 aromatic heterocycles. The van der Waals surface area contributed by atoms with E-state index in [4.69, 9.17) is 0 Å². The third kappa shape index (κ3) is 2.28. The molecule has 0 unspecified atom stereocenters. The maximum absolute atomic E-state index is 11.1. The molecule has 0 radical (unpaired) electrons. The molecule has 0 saturated carbocycles. The molecule has 76 valence electrons. The van der Waals surface area contributed by atoms with Gasteiger partial charge >= 0.3 is 0 Å². The Hall–Kier alpha value is -1.45. The normalized spacial score (nSPS) is 10.4. The van der Waals surface area contributed by atoms with Crippen LogP contribution >= 0.6 is 0 Å². The van der Waals surface area contributed by atoms with Gasteiger partial charge in [-0.2, -0.15) is 0 Å². The van der Waals surface area contributed by atoms with Gasteiger partial charge in [-0.05, 0) is 12.0 Å². The minimum Gasteiger partial charge on any atom is -0.284 e. The molecule has 14 heavy (non-hydrogen) atoms. The van der Waals surface area contributed by atoms with E-state index in [0.717, 1.165) is 5.69 Å². The van der Waals surface area contributed by atoms with E-state index in [-0.39, 0.29) is 5.91 Å². The molecule has 4 heteroatoms. The minimum absolute atomic E-state index is 0.0640. The van der Waals surface area contributed by atoms with Crippen LogP contribution in [0.2, 0.25) is 0 Å². The molecule has 0 saturated heterocycles. The van der Waals surface area contributed by atoms with Crippen molar-refractivity contribution in [3.8, 4) is 0 Å². The number of carbonyl (C=O) groups excluding carboxylic acids is 1. The van der Waals surface area contributed by atoms with Gasteiger partial charge in [0.15, 0.2) is 0 Å². The van der Waals surface area contributed by atoms with E-state index >= 15 is 0 Å². The van der Waals surface area contributed by atoms with E-state index < -0.39 is 0 Å². The monoisotopic (exact) mass is 193 g/mol. The highest BCUT2D eigenvalue weighted by molar-refractivity contribution is 5.88. The van der Waals surface area contributed by atoms with Gasteiger partial charge in [-0.3, -0.25) is 9.69 Å². The van der Waals surface area contributed by atoms with Crippen LogP contribution in [0.5, 0.6) is 0 Å². The third-order valence-electron chi connectivity index (χ3n) is 2.03. The fourth-order valence-corrected chi connectivity index (χ4v) is 0.986. The number of hydrogen-bond acceptors (Lipinski definition) is 3. The highest BCUT2D eigenvalue weighted by Gasteiger charge is 2.10. The van der Waals surface area contributed by atoms with Crippen LogP contribution in [0.4, 0.5) is 5.95 Å². The number of nitrogens with zero attached hydrogens (tertiary/aromatic N) is 3. The Morgan fingerprint density at radius 2 is 2.14 bits per heavy atom. The van der Waals surface area contributed by atoms with Crippen LogP contribution < -0.4 is 4.90 Å². The molecule has 0 aliphatic rings. The number of anilines is 1. The molecule has 1 amide bonds. The topological polar surface area (TPSA) is 46.1 Å². The molecular formula is C10H15N3O. The van der Waals surface area contributed by atoms with Crippen molar-refractivity contribution in [2.75, 3.05) is 11.9 Å². The van der Waals surface area contributed by atoms with Crippen molar-refractivity contribution < 1.29 is 4.79 Å². The van der Waals surface area contributed by atoms with Crippen LogP contribution in [-0.4, -0.2) is 22.9 Å². The summed E-state index contributed by atoms with van der Waals surface area (Å²) in [6.45, 7) is 5.60. The van der Waals surface area contributed by atoms with E-state index in [0.29, 0.717) is 11.9 Å². The predicted molar refractivity (Wildman–Crippen MR) is 55.2 cm³/mol. The molecule has 0 aromatic carbocycles. The van der Waals surface area contributed by atoms with Crippen LogP contribution in [0.15, 0.2) is 12.3 Å². The summed E-state index contributed by atoms with van der Waals surface area (Å²) in [5.41, 5.74) is 0.947. The van der Waals surface area contributed by atoms with Crippen molar-refractivity contribution >= 4 is 11.9 Å².